The first-order chi connectivity index (χ1) is 12.2. The molecular formula is C19H23NO5S. The summed E-state index contributed by atoms with van der Waals surface area (Å²) >= 11 is 0. The molecule has 2 rings (SSSR count). The molecule has 0 heterocycles. The monoisotopic (exact) mass is 377 g/mol. The molecule has 6 nitrogen and oxygen atoms in total. The van der Waals surface area contributed by atoms with Gasteiger partial charge in [-0.25, -0.2) is 17.9 Å². The molecule has 1 N–H and O–H groups in total. The quantitative estimate of drug-likeness (QED) is 0.782. The number of benzene rings is 2. The second kappa shape index (κ2) is 7.88. The second-order valence-corrected chi connectivity index (χ2v) is 7.74. The van der Waals surface area contributed by atoms with Crippen LogP contribution < -0.4 is 9.46 Å². The van der Waals surface area contributed by atoms with Crippen LogP contribution in [-0.2, 0) is 14.8 Å². The van der Waals surface area contributed by atoms with Crippen LogP contribution in [0, 0.1) is 13.8 Å². The molecule has 1 unspecified atom stereocenters. The Hall–Kier alpha value is -2.38. The molecule has 1 atom stereocenters. The first-order valence-electron chi connectivity index (χ1n) is 8.05. The van der Waals surface area contributed by atoms with E-state index in [0.29, 0.717) is 11.3 Å². The average molecular weight is 377 g/mol. The third-order valence-electron chi connectivity index (χ3n) is 4.08. The molecule has 0 fully saturated rings. The average Bonchev–Trinajstić information content (AvgIpc) is 2.60. The minimum absolute atomic E-state index is 0.0406. The van der Waals surface area contributed by atoms with Crippen molar-refractivity contribution in [2.24, 2.45) is 0 Å². The first kappa shape index (κ1) is 19.9. The summed E-state index contributed by atoms with van der Waals surface area (Å²) in [5, 5.41) is 0. The van der Waals surface area contributed by atoms with Gasteiger partial charge in [0.05, 0.1) is 24.7 Å². The van der Waals surface area contributed by atoms with E-state index in [-0.39, 0.29) is 10.5 Å². The summed E-state index contributed by atoms with van der Waals surface area (Å²) in [5.74, 6) is 0.0145. The highest BCUT2D eigenvalue weighted by atomic mass is 32.2. The topological polar surface area (TPSA) is 81.7 Å². The van der Waals surface area contributed by atoms with Crippen LogP contribution in [-0.4, -0.2) is 28.6 Å². The largest absolute Gasteiger partial charge is 0.496 e. The van der Waals surface area contributed by atoms with Crippen molar-refractivity contribution in [3.63, 3.8) is 0 Å². The number of sulfonamides is 1. The van der Waals surface area contributed by atoms with Crippen LogP contribution in [0.25, 0.3) is 0 Å². The first-order valence-corrected chi connectivity index (χ1v) is 9.53. The van der Waals surface area contributed by atoms with Crippen molar-refractivity contribution in [2.45, 2.75) is 31.7 Å². The lowest BCUT2D eigenvalue weighted by Crippen LogP contribution is -2.28. The summed E-state index contributed by atoms with van der Waals surface area (Å²) in [6.45, 7) is 5.34. The second-order valence-electron chi connectivity index (χ2n) is 6.06. The van der Waals surface area contributed by atoms with Crippen LogP contribution in [0.4, 0.5) is 0 Å². The molecule has 7 heteroatoms. The molecule has 0 amide bonds. The van der Waals surface area contributed by atoms with E-state index in [1.807, 2.05) is 19.1 Å². The lowest BCUT2D eigenvalue weighted by atomic mass is 10.1. The summed E-state index contributed by atoms with van der Waals surface area (Å²) in [5.41, 5.74) is 2.45. The number of esters is 1. The van der Waals surface area contributed by atoms with Gasteiger partial charge in [0.2, 0.25) is 10.0 Å². The number of rotatable bonds is 6. The van der Waals surface area contributed by atoms with E-state index < -0.39 is 22.0 Å². The highest BCUT2D eigenvalue weighted by Crippen LogP contribution is 2.28. The molecule has 26 heavy (non-hydrogen) atoms. The Bertz CT molecular complexity index is 922. The number of ether oxygens (including phenoxy) is 2. The standard InChI is InChI=1S/C19H23NO5S/c1-12-6-9-17(24-4)16(10-12)14(3)20-26(22,23)18-11-15(19(21)25-5)8-7-13(18)2/h6-11,14,20H,1-5H3. The van der Waals surface area contributed by atoms with E-state index in [1.165, 1.54) is 19.2 Å². The van der Waals surface area contributed by atoms with Crippen LogP contribution in [0.15, 0.2) is 41.3 Å². The fourth-order valence-electron chi connectivity index (χ4n) is 2.69. The van der Waals surface area contributed by atoms with Crippen LogP contribution in [0.1, 0.15) is 40.0 Å². The number of hydrogen-bond donors (Lipinski definition) is 1. The van der Waals surface area contributed by atoms with Gasteiger partial charge in [0.25, 0.3) is 0 Å². The van der Waals surface area contributed by atoms with Gasteiger partial charge < -0.3 is 9.47 Å². The zero-order valence-corrected chi connectivity index (χ0v) is 16.3. The molecule has 0 saturated heterocycles. The molecular weight excluding hydrogens is 354 g/mol. The van der Waals surface area contributed by atoms with E-state index in [2.05, 4.69) is 9.46 Å². The number of nitrogens with one attached hydrogen (secondary N) is 1. The van der Waals surface area contributed by atoms with Gasteiger partial charge in [0, 0.05) is 11.6 Å². The van der Waals surface area contributed by atoms with Gasteiger partial charge in [0.15, 0.2) is 0 Å². The van der Waals surface area contributed by atoms with Crippen molar-refractivity contribution >= 4 is 16.0 Å². The van der Waals surface area contributed by atoms with E-state index in [9.17, 15) is 13.2 Å². The third-order valence-corrected chi connectivity index (χ3v) is 5.77. The van der Waals surface area contributed by atoms with Crippen LogP contribution in [0.5, 0.6) is 5.75 Å². The molecule has 0 aromatic heterocycles. The molecule has 0 aliphatic heterocycles. The molecule has 0 bridgehead atoms. The zero-order chi connectivity index (χ0) is 19.5. The summed E-state index contributed by atoms with van der Waals surface area (Å²) in [6, 6.07) is 9.50. The van der Waals surface area contributed by atoms with Crippen LogP contribution in [0.3, 0.4) is 0 Å². The Morgan fingerprint density at radius 1 is 1.08 bits per heavy atom. The Kier molecular flexibility index (Phi) is 6.05. The van der Waals surface area contributed by atoms with E-state index >= 15 is 0 Å². The predicted molar refractivity (Wildman–Crippen MR) is 99.0 cm³/mol. The van der Waals surface area contributed by atoms with E-state index in [4.69, 9.17) is 4.74 Å². The predicted octanol–water partition coefficient (Wildman–Crippen LogP) is 3.14. The van der Waals surface area contributed by atoms with Crippen molar-refractivity contribution in [2.75, 3.05) is 14.2 Å². The Morgan fingerprint density at radius 3 is 2.38 bits per heavy atom. The number of aryl methyl sites for hydroxylation is 2. The van der Waals surface area contributed by atoms with Gasteiger partial charge in [-0.3, -0.25) is 0 Å². The summed E-state index contributed by atoms with van der Waals surface area (Å²) in [4.78, 5) is 11.8. The van der Waals surface area contributed by atoms with Crippen molar-refractivity contribution in [3.05, 3.63) is 58.7 Å². The van der Waals surface area contributed by atoms with Crippen molar-refractivity contribution < 1.29 is 22.7 Å². The third kappa shape index (κ3) is 4.23. The van der Waals surface area contributed by atoms with Gasteiger partial charge in [-0.1, -0.05) is 23.8 Å². The lowest BCUT2D eigenvalue weighted by molar-refractivity contribution is 0.0600. The minimum atomic E-state index is -3.85. The maximum absolute atomic E-state index is 12.9. The SMILES string of the molecule is COC(=O)c1ccc(C)c(S(=O)(=O)NC(C)c2cc(C)ccc2OC)c1. The Labute approximate surface area is 154 Å². The fraction of sp³-hybridized carbons (Fsp3) is 0.316. The molecule has 2 aromatic carbocycles. The Morgan fingerprint density at radius 2 is 1.77 bits per heavy atom. The number of methoxy groups -OCH3 is 2. The lowest BCUT2D eigenvalue weighted by Gasteiger charge is -2.19. The van der Waals surface area contributed by atoms with Gasteiger partial charge in [-0.05, 0) is 44.5 Å². The zero-order valence-electron chi connectivity index (χ0n) is 15.5. The van der Waals surface area contributed by atoms with Crippen molar-refractivity contribution in [1.29, 1.82) is 0 Å². The summed E-state index contributed by atoms with van der Waals surface area (Å²) in [6.07, 6.45) is 0. The molecule has 0 aliphatic carbocycles. The van der Waals surface area contributed by atoms with Gasteiger partial charge in [0.1, 0.15) is 5.75 Å². The van der Waals surface area contributed by atoms with Gasteiger partial charge in [-0.15, -0.1) is 0 Å². The number of carbonyl (C=O) groups is 1. The molecule has 2 aromatic rings. The van der Waals surface area contributed by atoms with Gasteiger partial charge in [-0.2, -0.15) is 0 Å². The number of carbonyl (C=O) groups excluding carboxylic acids is 1. The van der Waals surface area contributed by atoms with Crippen LogP contribution in [0.2, 0.25) is 0 Å². The van der Waals surface area contributed by atoms with Crippen molar-refractivity contribution in [1.82, 2.24) is 4.72 Å². The molecule has 0 spiro atoms. The highest BCUT2D eigenvalue weighted by molar-refractivity contribution is 7.89. The maximum atomic E-state index is 12.9. The van der Waals surface area contributed by atoms with E-state index in [1.54, 1.807) is 33.1 Å². The number of hydrogen-bond acceptors (Lipinski definition) is 5. The molecule has 0 saturated carbocycles. The summed E-state index contributed by atoms with van der Waals surface area (Å²) < 4.78 is 38.4. The molecule has 0 radical (unpaired) electrons. The fourth-order valence-corrected chi connectivity index (χ4v) is 4.18. The van der Waals surface area contributed by atoms with Gasteiger partial charge >= 0.3 is 5.97 Å². The molecule has 0 aliphatic rings. The van der Waals surface area contributed by atoms with Crippen molar-refractivity contribution in [3.8, 4) is 5.75 Å². The normalized spacial score (nSPS) is 12.5. The summed E-state index contributed by atoms with van der Waals surface area (Å²) in [7, 11) is -1.06. The minimum Gasteiger partial charge on any atom is -0.496 e. The Balaban J connectivity index is 2.40. The van der Waals surface area contributed by atoms with E-state index in [0.717, 1.165) is 11.1 Å². The maximum Gasteiger partial charge on any atom is 0.337 e. The smallest absolute Gasteiger partial charge is 0.337 e. The molecule has 140 valence electrons. The highest BCUT2D eigenvalue weighted by Gasteiger charge is 2.23. The van der Waals surface area contributed by atoms with Crippen LogP contribution >= 0.6 is 0 Å².